The average molecular weight is 526 g/mol. The summed E-state index contributed by atoms with van der Waals surface area (Å²) < 4.78 is 5.15. The van der Waals surface area contributed by atoms with Crippen LogP contribution in [0.25, 0.3) is 0 Å². The number of rotatable bonds is 7. The van der Waals surface area contributed by atoms with Crippen LogP contribution in [0.15, 0.2) is 60.0 Å². The van der Waals surface area contributed by atoms with Gasteiger partial charge in [0.15, 0.2) is 5.78 Å². The molecule has 8 heteroatoms. The van der Waals surface area contributed by atoms with Crippen molar-refractivity contribution in [2.24, 2.45) is 5.92 Å². The molecule has 4 rings (SSSR count). The van der Waals surface area contributed by atoms with Gasteiger partial charge in [-0.2, -0.15) is 0 Å². The molecule has 1 aromatic heterocycles. The third-order valence-electron chi connectivity index (χ3n) is 7.16. The lowest BCUT2D eigenvalue weighted by Crippen LogP contribution is -2.55. The minimum atomic E-state index is -1.71. The predicted molar refractivity (Wildman–Crippen MR) is 140 cm³/mol. The zero-order chi connectivity index (χ0) is 26.2. The fourth-order valence-corrected chi connectivity index (χ4v) is 6.76. The first-order valence-corrected chi connectivity index (χ1v) is 12.8. The second-order valence-electron chi connectivity index (χ2n) is 9.30. The van der Waals surface area contributed by atoms with Crippen molar-refractivity contribution in [1.29, 1.82) is 0 Å². The van der Waals surface area contributed by atoms with Crippen molar-refractivity contribution in [2.45, 2.75) is 38.3 Å². The van der Waals surface area contributed by atoms with E-state index in [4.69, 9.17) is 16.3 Å². The summed E-state index contributed by atoms with van der Waals surface area (Å²) in [5.74, 6) is -3.52. The number of nitrogens with zero attached hydrogens (tertiary/aromatic N) is 1. The molecule has 0 saturated carbocycles. The van der Waals surface area contributed by atoms with Crippen LogP contribution in [0.4, 0.5) is 0 Å². The molecule has 1 amide bonds. The Morgan fingerprint density at radius 2 is 1.72 bits per heavy atom. The monoisotopic (exact) mass is 525 g/mol. The highest BCUT2D eigenvalue weighted by atomic mass is 35.5. The van der Waals surface area contributed by atoms with Gasteiger partial charge in [-0.05, 0) is 61.0 Å². The van der Waals surface area contributed by atoms with E-state index in [-0.39, 0.29) is 12.4 Å². The highest BCUT2D eigenvalue weighted by Crippen LogP contribution is 2.58. The number of Topliss-reactive ketones (excluding diaryl/α,β-unsaturated/α-hetero) is 1. The Morgan fingerprint density at radius 1 is 1.06 bits per heavy atom. The first-order chi connectivity index (χ1) is 17.1. The predicted octanol–water partition coefficient (Wildman–Crippen LogP) is 5.67. The van der Waals surface area contributed by atoms with Gasteiger partial charge in [0.1, 0.15) is 12.1 Å². The minimum Gasteiger partial charge on any atom is -0.479 e. The topological polar surface area (TPSA) is 83.9 Å². The maximum Gasteiger partial charge on any atom is 0.330 e. The lowest BCUT2D eigenvalue weighted by molar-refractivity contribution is -0.159. The molecule has 3 aromatic rings. The number of hydrogen-bond donors (Lipinski definition) is 1. The number of carboxylic acids is 1. The van der Waals surface area contributed by atoms with Gasteiger partial charge in [0.25, 0.3) is 0 Å². The lowest BCUT2D eigenvalue weighted by atomic mass is 9.73. The normalized spacial score (nSPS) is 23.6. The Balaban J connectivity index is 2.06. The van der Waals surface area contributed by atoms with Crippen LogP contribution in [0.5, 0.6) is 0 Å². The number of carbonyl (C=O) groups is 3. The standard InChI is InChI=1S/C28H28ClNO5S/c1-16-7-5-6-8-20(16)25(32)22-23(26-17(2)13-14-36-26)28(3,27(33)34)30(21(31)15-35-4)24(22)18-9-11-19(29)12-10-18/h5-14,22-24H,15H2,1-4H3,(H,33,34). The van der Waals surface area contributed by atoms with E-state index in [0.29, 0.717) is 16.1 Å². The highest BCUT2D eigenvalue weighted by Gasteiger charge is 2.65. The number of hydrogen-bond acceptors (Lipinski definition) is 5. The number of carbonyl (C=O) groups excluding carboxylic acids is 2. The first-order valence-electron chi connectivity index (χ1n) is 11.6. The number of benzene rings is 2. The van der Waals surface area contributed by atoms with E-state index in [1.165, 1.54) is 23.3 Å². The maximum atomic E-state index is 14.4. The van der Waals surface area contributed by atoms with Gasteiger partial charge in [-0.25, -0.2) is 4.79 Å². The number of methoxy groups -OCH3 is 1. The van der Waals surface area contributed by atoms with Gasteiger partial charge in [-0.1, -0.05) is 48.0 Å². The molecule has 1 aliphatic heterocycles. The van der Waals surface area contributed by atoms with Crippen molar-refractivity contribution in [3.05, 3.63) is 92.1 Å². The molecule has 0 bridgehead atoms. The number of ketones is 1. The van der Waals surface area contributed by atoms with E-state index >= 15 is 0 Å². The summed E-state index contributed by atoms with van der Waals surface area (Å²) in [6.07, 6.45) is 0. The van der Waals surface area contributed by atoms with Gasteiger partial charge >= 0.3 is 5.97 Å². The molecule has 188 valence electrons. The minimum absolute atomic E-state index is 0.203. The van der Waals surface area contributed by atoms with Crippen molar-refractivity contribution < 1.29 is 24.2 Å². The van der Waals surface area contributed by atoms with Gasteiger partial charge in [-0.3, -0.25) is 9.59 Å². The number of aryl methyl sites for hydroxylation is 2. The van der Waals surface area contributed by atoms with Crippen molar-refractivity contribution in [3.63, 3.8) is 0 Å². The number of thiophene rings is 1. The zero-order valence-corrected chi connectivity index (χ0v) is 22.1. The van der Waals surface area contributed by atoms with Gasteiger partial charge in [0.05, 0.1) is 12.0 Å². The van der Waals surface area contributed by atoms with E-state index in [1.54, 1.807) is 43.3 Å². The molecule has 1 N–H and O–H groups in total. The molecule has 0 aliphatic carbocycles. The molecule has 4 unspecified atom stereocenters. The second kappa shape index (κ2) is 10.2. The quantitative estimate of drug-likeness (QED) is 0.401. The summed E-state index contributed by atoms with van der Waals surface area (Å²) >= 11 is 7.57. The van der Waals surface area contributed by atoms with Gasteiger partial charge in [-0.15, -0.1) is 11.3 Å². The van der Waals surface area contributed by atoms with E-state index in [2.05, 4.69) is 0 Å². The molecule has 2 heterocycles. The molecule has 6 nitrogen and oxygen atoms in total. The third kappa shape index (κ3) is 4.25. The molecular formula is C28H28ClNO5S. The number of likely N-dealkylation sites (tertiary alicyclic amines) is 1. The average Bonchev–Trinajstić information content (AvgIpc) is 3.38. The van der Waals surface area contributed by atoms with E-state index < -0.39 is 35.3 Å². The summed E-state index contributed by atoms with van der Waals surface area (Å²) in [6, 6.07) is 15.2. The summed E-state index contributed by atoms with van der Waals surface area (Å²) in [6.45, 7) is 4.99. The first kappa shape index (κ1) is 26.1. The van der Waals surface area contributed by atoms with E-state index in [9.17, 15) is 19.5 Å². The smallest absolute Gasteiger partial charge is 0.330 e. The Bertz CT molecular complexity index is 1300. The molecule has 1 aliphatic rings. The molecular weight excluding hydrogens is 498 g/mol. The Morgan fingerprint density at radius 3 is 2.28 bits per heavy atom. The fraction of sp³-hybridized carbons (Fsp3) is 0.321. The highest BCUT2D eigenvalue weighted by molar-refractivity contribution is 7.10. The van der Waals surface area contributed by atoms with Crippen molar-refractivity contribution in [3.8, 4) is 0 Å². The SMILES string of the molecule is COCC(=O)N1C(c2ccc(Cl)cc2)C(C(=O)c2ccccc2C)C(c2sccc2C)C1(C)C(=O)O. The number of ether oxygens (including phenoxy) is 1. The third-order valence-corrected chi connectivity index (χ3v) is 8.52. The molecule has 0 radical (unpaired) electrons. The van der Waals surface area contributed by atoms with Crippen molar-refractivity contribution in [2.75, 3.05) is 13.7 Å². The zero-order valence-electron chi connectivity index (χ0n) is 20.5. The van der Waals surface area contributed by atoms with Gasteiger partial charge < -0.3 is 14.7 Å². The van der Waals surface area contributed by atoms with Crippen molar-refractivity contribution in [1.82, 2.24) is 4.90 Å². The number of carboxylic acid groups (broad SMARTS) is 1. The number of halogens is 1. The Kier molecular flexibility index (Phi) is 7.36. The second-order valence-corrected chi connectivity index (χ2v) is 10.7. The largest absolute Gasteiger partial charge is 0.479 e. The van der Waals surface area contributed by atoms with Crippen LogP contribution in [0.3, 0.4) is 0 Å². The van der Waals surface area contributed by atoms with E-state index in [1.807, 2.05) is 37.4 Å². The summed E-state index contributed by atoms with van der Waals surface area (Å²) in [5, 5.41) is 13.1. The van der Waals surface area contributed by atoms with E-state index in [0.717, 1.165) is 16.0 Å². The summed E-state index contributed by atoms with van der Waals surface area (Å²) in [4.78, 5) is 43.2. The summed E-state index contributed by atoms with van der Waals surface area (Å²) in [5.41, 5.74) is 1.11. The molecule has 36 heavy (non-hydrogen) atoms. The van der Waals surface area contributed by atoms with Crippen LogP contribution in [0, 0.1) is 19.8 Å². The van der Waals surface area contributed by atoms with Gasteiger partial charge in [0.2, 0.25) is 5.91 Å². The van der Waals surface area contributed by atoms with Crippen molar-refractivity contribution >= 4 is 40.6 Å². The lowest BCUT2D eigenvalue weighted by Gasteiger charge is -2.37. The summed E-state index contributed by atoms with van der Waals surface area (Å²) in [7, 11) is 1.39. The number of aliphatic carboxylic acids is 1. The fourth-order valence-electron chi connectivity index (χ4n) is 5.44. The Hall–Kier alpha value is -3.00. The number of amides is 1. The van der Waals surface area contributed by atoms with Crippen LogP contribution in [0.1, 0.15) is 50.8 Å². The molecule has 2 aromatic carbocycles. The molecule has 1 fully saturated rings. The van der Waals surface area contributed by atoms with Crippen LogP contribution in [0.2, 0.25) is 5.02 Å². The molecule has 4 atom stereocenters. The van der Waals surface area contributed by atoms with Crippen LogP contribution in [-0.2, 0) is 14.3 Å². The van der Waals surface area contributed by atoms with Crippen LogP contribution >= 0.6 is 22.9 Å². The molecule has 1 saturated heterocycles. The van der Waals surface area contributed by atoms with Crippen LogP contribution < -0.4 is 0 Å². The van der Waals surface area contributed by atoms with Crippen LogP contribution in [-0.4, -0.2) is 46.9 Å². The Labute approximate surface area is 219 Å². The maximum absolute atomic E-state index is 14.4. The molecule has 0 spiro atoms. The van der Waals surface area contributed by atoms with Gasteiger partial charge in [0, 0.05) is 28.5 Å².